The Morgan fingerprint density at radius 2 is 1.90 bits per heavy atom. The fraction of sp³-hybridized carbons (Fsp3) is 0.783. The number of nitrogens with one attached hydrogen (secondary N) is 1. The molecule has 5 saturated carbocycles. The van der Waals surface area contributed by atoms with Gasteiger partial charge in [0.1, 0.15) is 6.10 Å². The lowest BCUT2D eigenvalue weighted by atomic mass is 9.52. The molecule has 0 spiro atoms. The van der Waals surface area contributed by atoms with Gasteiger partial charge in [0.25, 0.3) is 5.91 Å². The third-order valence-electron chi connectivity index (χ3n) is 8.20. The quantitative estimate of drug-likeness (QED) is 0.771. The Kier molecular flexibility index (Phi) is 4.53. The lowest BCUT2D eigenvalue weighted by molar-refractivity contribution is -0.136. The molecule has 7 heteroatoms. The van der Waals surface area contributed by atoms with Gasteiger partial charge in [0, 0.05) is 18.2 Å². The molecule has 4 bridgehead atoms. The third-order valence-corrected chi connectivity index (χ3v) is 8.20. The van der Waals surface area contributed by atoms with Crippen molar-refractivity contribution >= 4 is 5.91 Å². The fourth-order valence-corrected chi connectivity index (χ4v) is 7.00. The third kappa shape index (κ3) is 3.30. The van der Waals surface area contributed by atoms with Gasteiger partial charge < -0.3 is 19.9 Å². The lowest BCUT2D eigenvalue weighted by Gasteiger charge is -2.58. The van der Waals surface area contributed by atoms with Crippen molar-refractivity contribution in [3.8, 4) is 6.01 Å². The summed E-state index contributed by atoms with van der Waals surface area (Å²) in [5.74, 6) is 1.65. The van der Waals surface area contributed by atoms with E-state index in [4.69, 9.17) is 14.5 Å². The minimum atomic E-state index is -0.486. The summed E-state index contributed by atoms with van der Waals surface area (Å²) in [6.07, 6.45) is 11.0. The molecule has 5 aliphatic carbocycles. The van der Waals surface area contributed by atoms with E-state index in [-0.39, 0.29) is 18.1 Å². The highest BCUT2D eigenvalue weighted by Crippen LogP contribution is 2.55. The monoisotopic (exact) mass is 413 g/mol. The summed E-state index contributed by atoms with van der Waals surface area (Å²) in [5, 5.41) is 14.2. The first-order valence-electron chi connectivity index (χ1n) is 11.7. The topological polar surface area (TPSA) is 93.6 Å². The molecule has 1 amide bonds. The Morgan fingerprint density at radius 1 is 1.17 bits per heavy atom. The maximum absolute atomic E-state index is 13.4. The summed E-state index contributed by atoms with van der Waals surface area (Å²) in [6, 6.07) is 0.521. The molecule has 2 N–H and O–H groups in total. The van der Waals surface area contributed by atoms with E-state index in [0.717, 1.165) is 50.6 Å². The Morgan fingerprint density at radius 3 is 2.53 bits per heavy atom. The van der Waals surface area contributed by atoms with Gasteiger partial charge in [0.15, 0.2) is 0 Å². The van der Waals surface area contributed by atoms with E-state index in [1.54, 1.807) is 6.20 Å². The van der Waals surface area contributed by atoms with Crippen molar-refractivity contribution in [3.05, 3.63) is 17.5 Å². The van der Waals surface area contributed by atoms with E-state index in [1.807, 2.05) is 0 Å². The normalized spacial score (nSPS) is 37.9. The minimum Gasteiger partial charge on any atom is -0.455 e. The van der Waals surface area contributed by atoms with E-state index in [0.29, 0.717) is 48.5 Å². The Balaban J connectivity index is 1.23. The molecule has 162 valence electrons. The van der Waals surface area contributed by atoms with Crippen molar-refractivity contribution in [2.75, 3.05) is 13.2 Å². The fourth-order valence-electron chi connectivity index (χ4n) is 7.00. The van der Waals surface area contributed by atoms with Crippen LogP contribution in [0.25, 0.3) is 0 Å². The molecule has 2 atom stereocenters. The first kappa shape index (κ1) is 19.0. The molecule has 1 aliphatic heterocycles. The predicted octanol–water partition coefficient (Wildman–Crippen LogP) is 2.58. The van der Waals surface area contributed by atoms with Gasteiger partial charge in [-0.05, 0) is 62.7 Å². The number of aromatic nitrogens is 2. The van der Waals surface area contributed by atoms with E-state index < -0.39 is 5.60 Å². The second-order valence-electron chi connectivity index (χ2n) is 10.4. The lowest BCUT2D eigenvalue weighted by Crippen LogP contribution is -2.61. The van der Waals surface area contributed by atoms with E-state index in [2.05, 4.69) is 10.3 Å². The smallest absolute Gasteiger partial charge is 0.317 e. The summed E-state index contributed by atoms with van der Waals surface area (Å²) in [7, 11) is 0. The zero-order valence-corrected chi connectivity index (χ0v) is 17.4. The molecule has 7 rings (SSSR count). The SMILES string of the molecule is O=C(N[C@H]1C2CC3CC1C[C@@](O)(C3)C2)c1cnc(OC2COC2)nc1C1CCCC1. The van der Waals surface area contributed by atoms with E-state index in [9.17, 15) is 9.90 Å². The van der Waals surface area contributed by atoms with E-state index >= 15 is 0 Å². The molecular weight excluding hydrogens is 382 g/mol. The predicted molar refractivity (Wildman–Crippen MR) is 108 cm³/mol. The molecule has 2 heterocycles. The van der Waals surface area contributed by atoms with Crippen LogP contribution < -0.4 is 10.1 Å². The van der Waals surface area contributed by atoms with Crippen LogP contribution in [0.2, 0.25) is 0 Å². The molecule has 0 aromatic carbocycles. The first-order valence-corrected chi connectivity index (χ1v) is 11.7. The van der Waals surface area contributed by atoms with Crippen molar-refractivity contribution in [2.24, 2.45) is 17.8 Å². The summed E-state index contributed by atoms with van der Waals surface area (Å²) in [4.78, 5) is 22.4. The van der Waals surface area contributed by atoms with Crippen molar-refractivity contribution < 1.29 is 19.4 Å². The number of hydrogen-bond acceptors (Lipinski definition) is 6. The number of rotatable bonds is 5. The number of carbonyl (C=O) groups is 1. The van der Waals surface area contributed by atoms with Gasteiger partial charge in [-0.2, -0.15) is 4.98 Å². The average Bonchev–Trinajstić information content (AvgIpc) is 3.21. The molecule has 6 fully saturated rings. The van der Waals surface area contributed by atoms with Crippen LogP contribution >= 0.6 is 0 Å². The number of nitrogens with zero attached hydrogens (tertiary/aromatic N) is 2. The first-order chi connectivity index (χ1) is 14.6. The van der Waals surface area contributed by atoms with Gasteiger partial charge in [-0.25, -0.2) is 4.98 Å². The van der Waals surface area contributed by atoms with Crippen LogP contribution in [0.4, 0.5) is 0 Å². The van der Waals surface area contributed by atoms with Crippen LogP contribution in [0.3, 0.4) is 0 Å². The van der Waals surface area contributed by atoms with Crippen LogP contribution in [0.5, 0.6) is 6.01 Å². The average molecular weight is 414 g/mol. The van der Waals surface area contributed by atoms with Crippen LogP contribution in [-0.2, 0) is 4.74 Å². The van der Waals surface area contributed by atoms with Crippen molar-refractivity contribution in [1.29, 1.82) is 0 Å². The number of amides is 1. The van der Waals surface area contributed by atoms with Crippen LogP contribution in [0, 0.1) is 17.8 Å². The van der Waals surface area contributed by atoms with Crippen LogP contribution in [-0.4, -0.2) is 51.9 Å². The Hall–Kier alpha value is -1.73. The molecule has 6 aliphatic rings. The molecule has 7 nitrogen and oxygen atoms in total. The molecule has 30 heavy (non-hydrogen) atoms. The highest BCUT2D eigenvalue weighted by Gasteiger charge is 2.55. The second-order valence-corrected chi connectivity index (χ2v) is 10.4. The largest absolute Gasteiger partial charge is 0.455 e. The standard InChI is InChI=1S/C23H31N3O4/c27-21(25-19-15-5-13-6-16(19)9-23(28,7-13)8-15)18-10-24-22(30-17-11-29-12-17)26-20(18)14-3-1-2-4-14/h10,13-17,19,28H,1-9,11-12H2,(H,25,27)/t13?,15?,16?,19-,23+. The summed E-state index contributed by atoms with van der Waals surface area (Å²) in [5.41, 5.74) is 0.962. The molecular formula is C23H31N3O4. The molecule has 0 radical (unpaired) electrons. The van der Waals surface area contributed by atoms with Gasteiger partial charge in [-0.3, -0.25) is 4.79 Å². The van der Waals surface area contributed by atoms with Crippen LogP contribution in [0.1, 0.15) is 79.8 Å². The number of hydrogen-bond donors (Lipinski definition) is 2. The molecule has 1 aromatic rings. The summed E-state index contributed by atoms with van der Waals surface area (Å²) < 4.78 is 11.0. The maximum Gasteiger partial charge on any atom is 0.317 e. The van der Waals surface area contributed by atoms with Gasteiger partial charge in [0.2, 0.25) is 0 Å². The van der Waals surface area contributed by atoms with Crippen LogP contribution in [0.15, 0.2) is 6.20 Å². The summed E-state index contributed by atoms with van der Waals surface area (Å²) in [6.45, 7) is 1.14. The second kappa shape index (κ2) is 7.16. The maximum atomic E-state index is 13.4. The van der Waals surface area contributed by atoms with E-state index in [1.165, 1.54) is 12.8 Å². The van der Waals surface area contributed by atoms with Crippen molar-refractivity contribution in [3.63, 3.8) is 0 Å². The van der Waals surface area contributed by atoms with Crippen molar-refractivity contribution in [2.45, 2.75) is 81.5 Å². The highest BCUT2D eigenvalue weighted by molar-refractivity contribution is 5.95. The zero-order chi connectivity index (χ0) is 20.3. The minimum absolute atomic E-state index is 0.0138. The number of carbonyl (C=O) groups excluding carboxylic acids is 1. The molecule has 1 aromatic heterocycles. The highest BCUT2D eigenvalue weighted by atomic mass is 16.6. The Bertz CT molecular complexity index is 820. The molecule has 1 saturated heterocycles. The summed E-state index contributed by atoms with van der Waals surface area (Å²) >= 11 is 0. The Labute approximate surface area is 177 Å². The van der Waals surface area contributed by atoms with Gasteiger partial charge >= 0.3 is 6.01 Å². The number of ether oxygens (including phenoxy) is 2. The van der Waals surface area contributed by atoms with Gasteiger partial charge in [-0.1, -0.05) is 12.8 Å². The number of aliphatic hydroxyl groups is 1. The van der Waals surface area contributed by atoms with Gasteiger partial charge in [0.05, 0.1) is 30.1 Å². The van der Waals surface area contributed by atoms with Gasteiger partial charge in [-0.15, -0.1) is 0 Å². The molecule has 2 unspecified atom stereocenters. The zero-order valence-electron chi connectivity index (χ0n) is 17.4. The van der Waals surface area contributed by atoms with Crippen molar-refractivity contribution in [1.82, 2.24) is 15.3 Å².